The van der Waals surface area contributed by atoms with E-state index in [0.29, 0.717) is 12.1 Å². The van der Waals surface area contributed by atoms with Gasteiger partial charge in [0, 0.05) is 20.1 Å². The zero-order chi connectivity index (χ0) is 15.3. The molecule has 0 aliphatic carbocycles. The van der Waals surface area contributed by atoms with E-state index < -0.39 is 0 Å². The van der Waals surface area contributed by atoms with Crippen LogP contribution in [-0.2, 0) is 11.3 Å². The van der Waals surface area contributed by atoms with Crippen LogP contribution in [0, 0.1) is 16.7 Å². The molecule has 0 spiro atoms. The number of piperidine rings is 1. The summed E-state index contributed by atoms with van der Waals surface area (Å²) in [5.74, 6) is 0.224. The molecule has 1 atom stereocenters. The van der Waals surface area contributed by atoms with E-state index >= 15 is 0 Å². The van der Waals surface area contributed by atoms with Crippen molar-refractivity contribution in [3.63, 3.8) is 0 Å². The van der Waals surface area contributed by atoms with Gasteiger partial charge in [0.1, 0.15) is 0 Å². The van der Waals surface area contributed by atoms with Crippen LogP contribution in [0.5, 0.6) is 0 Å². The molecule has 1 N–H and O–H groups in total. The molecule has 21 heavy (non-hydrogen) atoms. The predicted octanol–water partition coefficient (Wildman–Crippen LogP) is 2.30. The van der Waals surface area contributed by atoms with Crippen LogP contribution in [0.15, 0.2) is 24.3 Å². The van der Waals surface area contributed by atoms with Crippen LogP contribution in [0.2, 0.25) is 0 Å². The second-order valence-corrected chi connectivity index (χ2v) is 5.88. The van der Waals surface area contributed by atoms with E-state index in [1.165, 1.54) is 0 Å². The molecule has 4 nitrogen and oxygen atoms in total. The number of nitriles is 1. The Morgan fingerprint density at radius 2 is 2.14 bits per heavy atom. The molecule has 0 saturated carbocycles. The Bertz CT molecular complexity index is 524. The van der Waals surface area contributed by atoms with Gasteiger partial charge in [-0.2, -0.15) is 5.26 Å². The highest BCUT2D eigenvalue weighted by Crippen LogP contribution is 2.32. The summed E-state index contributed by atoms with van der Waals surface area (Å²) in [7, 11) is 1.87. The fourth-order valence-electron chi connectivity index (χ4n) is 3.04. The first-order chi connectivity index (χ1) is 10.1. The minimum atomic E-state index is -0.250. The van der Waals surface area contributed by atoms with Crippen LogP contribution in [0.1, 0.15) is 37.3 Å². The normalized spacial score (nSPS) is 21.6. The van der Waals surface area contributed by atoms with Gasteiger partial charge in [0.15, 0.2) is 0 Å². The third kappa shape index (κ3) is 3.43. The number of nitrogens with zero attached hydrogens (tertiary/aromatic N) is 2. The second-order valence-electron chi connectivity index (χ2n) is 5.88. The largest absolute Gasteiger partial charge is 0.341 e. The molecule has 0 radical (unpaired) electrons. The Labute approximate surface area is 126 Å². The molecular formula is C17H23N3O. The molecule has 1 aliphatic heterocycles. The molecule has 1 saturated heterocycles. The Morgan fingerprint density at radius 3 is 2.67 bits per heavy atom. The first-order valence-corrected chi connectivity index (χ1v) is 7.56. The number of carbonyl (C=O) groups is 1. The maximum Gasteiger partial charge on any atom is 0.230 e. The van der Waals surface area contributed by atoms with Crippen LogP contribution in [0.3, 0.4) is 0 Å². The lowest BCUT2D eigenvalue weighted by Gasteiger charge is -2.38. The van der Waals surface area contributed by atoms with Gasteiger partial charge in [0.25, 0.3) is 0 Å². The summed E-state index contributed by atoms with van der Waals surface area (Å²) in [6.07, 6.45) is 2.90. The second kappa shape index (κ2) is 6.73. The predicted molar refractivity (Wildman–Crippen MR) is 82.5 cm³/mol. The van der Waals surface area contributed by atoms with Crippen LogP contribution in [0.4, 0.5) is 0 Å². The molecule has 1 unspecified atom stereocenters. The highest BCUT2D eigenvalue weighted by Gasteiger charge is 2.39. The lowest BCUT2D eigenvalue weighted by molar-refractivity contribution is -0.142. The molecule has 0 bridgehead atoms. The molecule has 1 aliphatic rings. The van der Waals surface area contributed by atoms with Gasteiger partial charge in [-0.05, 0) is 43.5 Å². The van der Waals surface area contributed by atoms with Crippen molar-refractivity contribution in [1.29, 1.82) is 5.26 Å². The minimum absolute atomic E-state index is 0.224. The van der Waals surface area contributed by atoms with E-state index in [9.17, 15) is 4.79 Å². The van der Waals surface area contributed by atoms with Gasteiger partial charge < -0.3 is 10.2 Å². The van der Waals surface area contributed by atoms with Crippen LogP contribution in [-0.4, -0.2) is 30.9 Å². The Morgan fingerprint density at radius 1 is 1.43 bits per heavy atom. The third-order valence-electron chi connectivity index (χ3n) is 4.45. The molecule has 2 rings (SSSR count). The summed E-state index contributed by atoms with van der Waals surface area (Å²) in [5, 5.41) is 12.2. The van der Waals surface area contributed by atoms with E-state index in [0.717, 1.165) is 37.9 Å². The first kappa shape index (κ1) is 15.5. The van der Waals surface area contributed by atoms with Crippen LogP contribution >= 0.6 is 0 Å². The monoisotopic (exact) mass is 285 g/mol. The first-order valence-electron chi connectivity index (χ1n) is 7.56. The average molecular weight is 285 g/mol. The summed E-state index contributed by atoms with van der Waals surface area (Å²) in [6.45, 7) is 4.47. The summed E-state index contributed by atoms with van der Waals surface area (Å²) in [4.78, 5) is 14.6. The van der Waals surface area contributed by atoms with Gasteiger partial charge in [-0.1, -0.05) is 19.1 Å². The van der Waals surface area contributed by atoms with Gasteiger partial charge in [-0.25, -0.2) is 0 Å². The molecule has 1 aromatic rings. The molecule has 4 heteroatoms. The number of nitrogens with one attached hydrogen (secondary N) is 1. The summed E-state index contributed by atoms with van der Waals surface area (Å²) in [6, 6.07) is 9.54. The topological polar surface area (TPSA) is 56.1 Å². The number of carbonyl (C=O) groups excluding carboxylic acids is 1. The Kier molecular flexibility index (Phi) is 4.98. The molecule has 0 aromatic heterocycles. The number of amides is 1. The van der Waals surface area contributed by atoms with Crippen LogP contribution < -0.4 is 5.32 Å². The van der Waals surface area contributed by atoms with Crippen molar-refractivity contribution in [2.75, 3.05) is 20.1 Å². The van der Waals surface area contributed by atoms with Crippen molar-refractivity contribution >= 4 is 5.91 Å². The number of hydrogen-bond donors (Lipinski definition) is 1. The van der Waals surface area contributed by atoms with E-state index in [1.807, 2.05) is 24.1 Å². The van der Waals surface area contributed by atoms with Crippen molar-refractivity contribution in [1.82, 2.24) is 10.2 Å². The Balaban J connectivity index is 2.05. The maximum absolute atomic E-state index is 12.8. The summed E-state index contributed by atoms with van der Waals surface area (Å²) in [5.41, 5.74) is 1.45. The molecule has 1 aromatic carbocycles. The number of hydrogen-bond acceptors (Lipinski definition) is 3. The third-order valence-corrected chi connectivity index (χ3v) is 4.45. The SMILES string of the molecule is CCC1(C(=O)N(C)Cc2ccc(C#N)cc2)CCCNC1. The zero-order valence-corrected chi connectivity index (χ0v) is 12.9. The fraction of sp³-hybridized carbons (Fsp3) is 0.529. The van der Waals surface area contributed by atoms with Crippen molar-refractivity contribution in [3.05, 3.63) is 35.4 Å². The van der Waals surface area contributed by atoms with Gasteiger partial charge in [-0.3, -0.25) is 4.79 Å². The highest BCUT2D eigenvalue weighted by atomic mass is 16.2. The van der Waals surface area contributed by atoms with Gasteiger partial charge in [0.2, 0.25) is 5.91 Å². The molecule has 112 valence electrons. The van der Waals surface area contributed by atoms with Crippen molar-refractivity contribution in [2.45, 2.75) is 32.7 Å². The van der Waals surface area contributed by atoms with E-state index in [2.05, 4.69) is 18.3 Å². The van der Waals surface area contributed by atoms with Crippen molar-refractivity contribution in [3.8, 4) is 6.07 Å². The zero-order valence-electron chi connectivity index (χ0n) is 12.9. The van der Waals surface area contributed by atoms with Gasteiger partial charge >= 0.3 is 0 Å². The van der Waals surface area contributed by atoms with Crippen molar-refractivity contribution in [2.24, 2.45) is 5.41 Å². The standard InChI is InChI=1S/C17H23N3O/c1-3-17(9-4-10-19-13-17)16(21)20(2)12-15-7-5-14(11-18)6-8-15/h5-8,19H,3-4,9-10,12-13H2,1-2H3. The molecule has 1 amide bonds. The lowest BCUT2D eigenvalue weighted by atomic mass is 9.77. The van der Waals surface area contributed by atoms with E-state index in [4.69, 9.17) is 5.26 Å². The summed E-state index contributed by atoms with van der Waals surface area (Å²) < 4.78 is 0. The van der Waals surface area contributed by atoms with E-state index in [1.54, 1.807) is 12.1 Å². The van der Waals surface area contributed by atoms with Crippen LogP contribution in [0.25, 0.3) is 0 Å². The maximum atomic E-state index is 12.8. The number of rotatable bonds is 4. The molecule has 1 heterocycles. The van der Waals surface area contributed by atoms with Gasteiger partial charge in [0.05, 0.1) is 17.0 Å². The lowest BCUT2D eigenvalue weighted by Crippen LogP contribution is -2.50. The van der Waals surface area contributed by atoms with Gasteiger partial charge in [-0.15, -0.1) is 0 Å². The van der Waals surface area contributed by atoms with Crippen molar-refractivity contribution < 1.29 is 4.79 Å². The number of benzene rings is 1. The summed E-state index contributed by atoms with van der Waals surface area (Å²) >= 11 is 0. The van der Waals surface area contributed by atoms with E-state index in [-0.39, 0.29) is 11.3 Å². The smallest absolute Gasteiger partial charge is 0.230 e. The average Bonchev–Trinajstić information content (AvgIpc) is 2.55. The fourth-order valence-corrected chi connectivity index (χ4v) is 3.04. The Hall–Kier alpha value is -1.86. The quantitative estimate of drug-likeness (QED) is 0.923. The molecule has 1 fully saturated rings. The molecular weight excluding hydrogens is 262 g/mol. The minimum Gasteiger partial charge on any atom is -0.341 e. The highest BCUT2D eigenvalue weighted by molar-refractivity contribution is 5.83.